The van der Waals surface area contributed by atoms with E-state index in [1.807, 2.05) is 24.3 Å². The standard InChI is InChI=1S/C14H13BrN2O/c1-10(11-3-2-4-12(15)7-11)17-9-14-6-5-13(8-16)18-14/h2-7,10,17H,9H2,1H3. The number of nitriles is 1. The summed E-state index contributed by atoms with van der Waals surface area (Å²) >= 11 is 3.46. The van der Waals surface area contributed by atoms with Crippen LogP contribution in [0.15, 0.2) is 45.3 Å². The first-order chi connectivity index (χ1) is 8.69. The Morgan fingerprint density at radius 3 is 2.89 bits per heavy atom. The molecule has 0 aliphatic rings. The summed E-state index contributed by atoms with van der Waals surface area (Å²) < 4.78 is 6.38. The lowest BCUT2D eigenvalue weighted by molar-refractivity contribution is 0.453. The zero-order chi connectivity index (χ0) is 13.0. The topological polar surface area (TPSA) is 49.0 Å². The predicted molar refractivity (Wildman–Crippen MR) is 72.8 cm³/mol. The molecular formula is C14H13BrN2O. The number of halogens is 1. The van der Waals surface area contributed by atoms with Crippen LogP contribution in [0.25, 0.3) is 0 Å². The van der Waals surface area contributed by atoms with Crippen molar-refractivity contribution in [2.24, 2.45) is 0 Å². The lowest BCUT2D eigenvalue weighted by Gasteiger charge is -2.13. The van der Waals surface area contributed by atoms with Crippen molar-refractivity contribution < 1.29 is 4.42 Å². The van der Waals surface area contributed by atoms with Crippen molar-refractivity contribution in [3.05, 3.63) is 58.0 Å². The summed E-state index contributed by atoms with van der Waals surface area (Å²) in [5, 5.41) is 12.0. The molecule has 1 atom stereocenters. The van der Waals surface area contributed by atoms with Gasteiger partial charge in [-0.3, -0.25) is 0 Å². The third-order valence-electron chi connectivity index (χ3n) is 2.70. The third kappa shape index (κ3) is 3.22. The van der Waals surface area contributed by atoms with Crippen molar-refractivity contribution in [3.63, 3.8) is 0 Å². The second kappa shape index (κ2) is 5.85. The van der Waals surface area contributed by atoms with Gasteiger partial charge in [-0.15, -0.1) is 0 Å². The Morgan fingerprint density at radius 1 is 1.39 bits per heavy atom. The molecule has 0 aliphatic heterocycles. The van der Waals surface area contributed by atoms with Gasteiger partial charge in [-0.05, 0) is 36.8 Å². The van der Waals surface area contributed by atoms with Crippen molar-refractivity contribution in [1.29, 1.82) is 5.26 Å². The Labute approximate surface area is 115 Å². The average Bonchev–Trinajstić information content (AvgIpc) is 2.84. The number of nitrogens with one attached hydrogen (secondary N) is 1. The lowest BCUT2D eigenvalue weighted by Crippen LogP contribution is -2.17. The van der Waals surface area contributed by atoms with Gasteiger partial charge in [0, 0.05) is 10.5 Å². The van der Waals surface area contributed by atoms with E-state index in [9.17, 15) is 0 Å². The summed E-state index contributed by atoms with van der Waals surface area (Å²) in [6.45, 7) is 2.70. The van der Waals surface area contributed by atoms with Gasteiger partial charge < -0.3 is 9.73 Å². The molecule has 4 heteroatoms. The molecule has 0 fully saturated rings. The minimum absolute atomic E-state index is 0.220. The van der Waals surface area contributed by atoms with Crippen LogP contribution >= 0.6 is 15.9 Å². The highest BCUT2D eigenvalue weighted by atomic mass is 79.9. The summed E-state index contributed by atoms with van der Waals surface area (Å²) in [5.41, 5.74) is 1.21. The van der Waals surface area contributed by atoms with Crippen molar-refractivity contribution in [2.45, 2.75) is 19.5 Å². The third-order valence-corrected chi connectivity index (χ3v) is 3.20. The quantitative estimate of drug-likeness (QED) is 0.935. The molecule has 3 nitrogen and oxygen atoms in total. The van der Waals surface area contributed by atoms with E-state index in [0.29, 0.717) is 12.3 Å². The Bertz CT molecular complexity index is 571. The van der Waals surface area contributed by atoms with Crippen molar-refractivity contribution >= 4 is 15.9 Å². The van der Waals surface area contributed by atoms with Gasteiger partial charge in [-0.1, -0.05) is 28.1 Å². The van der Waals surface area contributed by atoms with Gasteiger partial charge in [0.05, 0.1) is 6.54 Å². The number of hydrogen-bond acceptors (Lipinski definition) is 3. The molecule has 1 N–H and O–H groups in total. The van der Waals surface area contributed by atoms with Crippen LogP contribution in [0.5, 0.6) is 0 Å². The van der Waals surface area contributed by atoms with Gasteiger partial charge in [0.25, 0.3) is 0 Å². The average molecular weight is 305 g/mol. The zero-order valence-corrected chi connectivity index (χ0v) is 11.6. The second-order valence-electron chi connectivity index (χ2n) is 4.04. The molecule has 0 spiro atoms. The fourth-order valence-electron chi connectivity index (χ4n) is 1.68. The molecule has 92 valence electrons. The number of hydrogen-bond donors (Lipinski definition) is 1. The molecule has 0 radical (unpaired) electrons. The van der Waals surface area contributed by atoms with E-state index >= 15 is 0 Å². The van der Waals surface area contributed by atoms with E-state index in [0.717, 1.165) is 10.2 Å². The van der Waals surface area contributed by atoms with Crippen LogP contribution in [0.4, 0.5) is 0 Å². The largest absolute Gasteiger partial charge is 0.449 e. The lowest BCUT2D eigenvalue weighted by atomic mass is 10.1. The Morgan fingerprint density at radius 2 is 2.22 bits per heavy atom. The maximum Gasteiger partial charge on any atom is 0.203 e. The first kappa shape index (κ1) is 12.9. The van der Waals surface area contributed by atoms with Crippen LogP contribution in [0, 0.1) is 11.3 Å². The van der Waals surface area contributed by atoms with Crippen LogP contribution in [-0.2, 0) is 6.54 Å². The first-order valence-corrected chi connectivity index (χ1v) is 6.46. The predicted octanol–water partition coefficient (Wildman–Crippen LogP) is 3.76. The van der Waals surface area contributed by atoms with Gasteiger partial charge >= 0.3 is 0 Å². The number of nitrogens with zero attached hydrogens (tertiary/aromatic N) is 1. The van der Waals surface area contributed by atoms with Gasteiger partial charge in [0.2, 0.25) is 5.76 Å². The van der Waals surface area contributed by atoms with Gasteiger partial charge in [0.15, 0.2) is 0 Å². The minimum Gasteiger partial charge on any atom is -0.449 e. The summed E-state index contributed by atoms with van der Waals surface area (Å²) in [4.78, 5) is 0. The van der Waals surface area contributed by atoms with Crippen molar-refractivity contribution in [2.75, 3.05) is 0 Å². The van der Waals surface area contributed by atoms with Gasteiger partial charge in [-0.25, -0.2) is 0 Å². The molecule has 1 aromatic heterocycles. The van der Waals surface area contributed by atoms with E-state index in [4.69, 9.17) is 9.68 Å². The summed E-state index contributed by atoms with van der Waals surface area (Å²) in [7, 11) is 0. The molecule has 18 heavy (non-hydrogen) atoms. The summed E-state index contributed by atoms with van der Waals surface area (Å²) in [5.74, 6) is 1.12. The SMILES string of the molecule is CC(NCc1ccc(C#N)o1)c1cccc(Br)c1. The molecule has 0 bridgehead atoms. The highest BCUT2D eigenvalue weighted by molar-refractivity contribution is 9.10. The van der Waals surface area contributed by atoms with Crippen molar-refractivity contribution in [3.8, 4) is 6.07 Å². The molecule has 1 aromatic carbocycles. The maximum absolute atomic E-state index is 8.67. The van der Waals surface area contributed by atoms with Crippen LogP contribution in [0.3, 0.4) is 0 Å². The number of benzene rings is 1. The monoisotopic (exact) mass is 304 g/mol. The fraction of sp³-hybridized carbons (Fsp3) is 0.214. The van der Waals surface area contributed by atoms with E-state index in [1.54, 1.807) is 6.07 Å². The Kier molecular flexibility index (Phi) is 4.19. The minimum atomic E-state index is 0.220. The molecule has 2 rings (SSSR count). The number of rotatable bonds is 4. The molecule has 0 saturated heterocycles. The van der Waals surface area contributed by atoms with Crippen LogP contribution in [-0.4, -0.2) is 0 Å². The Hall–Kier alpha value is -1.57. The fourth-order valence-corrected chi connectivity index (χ4v) is 2.10. The second-order valence-corrected chi connectivity index (χ2v) is 4.95. The molecule has 0 saturated carbocycles. The summed E-state index contributed by atoms with van der Waals surface area (Å²) in [6.07, 6.45) is 0. The van der Waals surface area contributed by atoms with E-state index in [1.165, 1.54) is 5.56 Å². The first-order valence-electron chi connectivity index (χ1n) is 5.66. The maximum atomic E-state index is 8.67. The molecule has 0 amide bonds. The summed E-state index contributed by atoms with van der Waals surface area (Å²) in [6, 6.07) is 13.9. The molecular weight excluding hydrogens is 292 g/mol. The Balaban J connectivity index is 1.96. The molecule has 0 aliphatic carbocycles. The van der Waals surface area contributed by atoms with E-state index in [2.05, 4.69) is 40.3 Å². The van der Waals surface area contributed by atoms with Gasteiger partial charge in [0.1, 0.15) is 11.8 Å². The highest BCUT2D eigenvalue weighted by Gasteiger charge is 2.07. The van der Waals surface area contributed by atoms with Crippen LogP contribution in [0.1, 0.15) is 30.0 Å². The van der Waals surface area contributed by atoms with E-state index < -0.39 is 0 Å². The molecule has 2 aromatic rings. The van der Waals surface area contributed by atoms with Crippen LogP contribution in [0.2, 0.25) is 0 Å². The number of furan rings is 1. The highest BCUT2D eigenvalue weighted by Crippen LogP contribution is 2.18. The van der Waals surface area contributed by atoms with Crippen molar-refractivity contribution in [1.82, 2.24) is 5.32 Å². The molecule has 1 heterocycles. The molecule has 1 unspecified atom stereocenters. The smallest absolute Gasteiger partial charge is 0.203 e. The van der Waals surface area contributed by atoms with Gasteiger partial charge in [-0.2, -0.15) is 5.26 Å². The van der Waals surface area contributed by atoms with Crippen LogP contribution < -0.4 is 5.32 Å². The zero-order valence-electron chi connectivity index (χ0n) is 9.98. The van der Waals surface area contributed by atoms with E-state index in [-0.39, 0.29) is 6.04 Å². The normalized spacial score (nSPS) is 12.1.